The number of fused-ring (bicyclic) bond motifs is 1. The van der Waals surface area contributed by atoms with Gasteiger partial charge in [0.25, 0.3) is 0 Å². The third-order valence-corrected chi connectivity index (χ3v) is 4.41. The lowest BCUT2D eigenvalue weighted by Gasteiger charge is -2.33. The van der Waals surface area contributed by atoms with Gasteiger partial charge in [-0.05, 0) is 5.56 Å². The molecule has 2 unspecified atom stereocenters. The van der Waals surface area contributed by atoms with Gasteiger partial charge in [0.15, 0.2) is 0 Å². The van der Waals surface area contributed by atoms with E-state index >= 15 is 0 Å². The highest BCUT2D eigenvalue weighted by Gasteiger charge is 2.28. The molecule has 1 heterocycles. The quantitative estimate of drug-likeness (QED) is 0.725. The summed E-state index contributed by atoms with van der Waals surface area (Å²) in [7, 11) is 0. The lowest BCUT2D eigenvalue weighted by molar-refractivity contribution is -0.951. The Labute approximate surface area is 132 Å². The highest BCUT2D eigenvalue weighted by molar-refractivity contribution is 6.18. The van der Waals surface area contributed by atoms with Crippen molar-refractivity contribution in [3.63, 3.8) is 0 Å². The lowest BCUT2D eigenvalue weighted by Crippen LogP contribution is -3.14. The standard InChI is InChI=1S/C17H18ClN.ClH/c18-11-17-10-15-8-4-5-9-16(15)13-19(17)12-14-6-2-1-3-7-14;/h1-9,17H,10-13H2;1H. The average molecular weight is 308 g/mol. The van der Waals surface area contributed by atoms with E-state index in [1.807, 2.05) is 0 Å². The summed E-state index contributed by atoms with van der Waals surface area (Å²) in [5.41, 5.74) is 4.35. The van der Waals surface area contributed by atoms with Crippen LogP contribution in [0.3, 0.4) is 0 Å². The van der Waals surface area contributed by atoms with Crippen molar-refractivity contribution in [1.82, 2.24) is 0 Å². The van der Waals surface area contributed by atoms with Gasteiger partial charge in [0.05, 0.1) is 5.88 Å². The molecule has 0 spiro atoms. The van der Waals surface area contributed by atoms with E-state index in [1.54, 1.807) is 4.90 Å². The Bertz CT molecular complexity index is 542. The van der Waals surface area contributed by atoms with Gasteiger partial charge in [0.1, 0.15) is 19.1 Å². The summed E-state index contributed by atoms with van der Waals surface area (Å²) in [5.74, 6) is 0.733. The first-order valence-electron chi connectivity index (χ1n) is 6.88. The molecule has 0 aliphatic carbocycles. The minimum Gasteiger partial charge on any atom is -1.00 e. The Morgan fingerprint density at radius 1 is 0.950 bits per heavy atom. The number of nitrogens with one attached hydrogen (secondary N) is 1. The van der Waals surface area contributed by atoms with Crippen LogP contribution in [0.25, 0.3) is 0 Å². The Morgan fingerprint density at radius 2 is 1.60 bits per heavy atom. The number of quaternary nitrogens is 1. The molecule has 1 nitrogen and oxygen atoms in total. The van der Waals surface area contributed by atoms with E-state index in [9.17, 15) is 0 Å². The van der Waals surface area contributed by atoms with Crippen molar-refractivity contribution >= 4 is 11.6 Å². The summed E-state index contributed by atoms with van der Waals surface area (Å²) in [6, 6.07) is 20.0. The summed E-state index contributed by atoms with van der Waals surface area (Å²) in [5, 5.41) is 0. The number of rotatable bonds is 3. The highest BCUT2D eigenvalue weighted by Crippen LogP contribution is 2.14. The molecule has 0 fully saturated rings. The highest BCUT2D eigenvalue weighted by atomic mass is 35.5. The van der Waals surface area contributed by atoms with Crippen LogP contribution in [0.2, 0.25) is 0 Å². The predicted octanol–water partition coefficient (Wildman–Crippen LogP) is -0.561. The minimum absolute atomic E-state index is 0. The van der Waals surface area contributed by atoms with Crippen LogP contribution in [-0.4, -0.2) is 11.9 Å². The molecule has 20 heavy (non-hydrogen) atoms. The molecule has 106 valence electrons. The topological polar surface area (TPSA) is 4.44 Å². The second-order valence-electron chi connectivity index (χ2n) is 5.32. The van der Waals surface area contributed by atoms with Crippen LogP contribution in [0, 0.1) is 0 Å². The maximum Gasteiger partial charge on any atom is 0.106 e. The molecule has 2 aromatic carbocycles. The molecule has 1 N–H and O–H groups in total. The van der Waals surface area contributed by atoms with E-state index in [-0.39, 0.29) is 12.4 Å². The second-order valence-corrected chi connectivity index (χ2v) is 5.63. The number of hydrogen-bond donors (Lipinski definition) is 1. The number of alkyl halides is 1. The van der Waals surface area contributed by atoms with E-state index < -0.39 is 0 Å². The zero-order valence-electron chi connectivity index (χ0n) is 11.4. The van der Waals surface area contributed by atoms with Crippen molar-refractivity contribution in [3.8, 4) is 0 Å². The summed E-state index contributed by atoms with van der Waals surface area (Å²) in [6.07, 6.45) is 1.10. The van der Waals surface area contributed by atoms with E-state index in [0.29, 0.717) is 6.04 Å². The molecule has 0 saturated heterocycles. The van der Waals surface area contributed by atoms with Crippen LogP contribution < -0.4 is 17.3 Å². The van der Waals surface area contributed by atoms with Crippen molar-refractivity contribution in [2.24, 2.45) is 0 Å². The SMILES string of the molecule is ClCC1Cc2ccccc2C[NH+]1Cc1ccccc1.[Cl-]. The zero-order valence-corrected chi connectivity index (χ0v) is 12.9. The van der Waals surface area contributed by atoms with Gasteiger partial charge in [-0.1, -0.05) is 54.6 Å². The van der Waals surface area contributed by atoms with Gasteiger partial charge in [-0.3, -0.25) is 0 Å². The van der Waals surface area contributed by atoms with Gasteiger partial charge in [-0.2, -0.15) is 0 Å². The van der Waals surface area contributed by atoms with Gasteiger partial charge >= 0.3 is 0 Å². The van der Waals surface area contributed by atoms with Crippen LogP contribution in [0.4, 0.5) is 0 Å². The van der Waals surface area contributed by atoms with Crippen molar-refractivity contribution in [1.29, 1.82) is 0 Å². The second kappa shape index (κ2) is 7.12. The van der Waals surface area contributed by atoms with E-state index in [1.165, 1.54) is 16.7 Å². The summed E-state index contributed by atoms with van der Waals surface area (Å²) in [6.45, 7) is 2.15. The van der Waals surface area contributed by atoms with E-state index in [0.717, 1.165) is 25.4 Å². The van der Waals surface area contributed by atoms with Gasteiger partial charge in [-0.25, -0.2) is 0 Å². The van der Waals surface area contributed by atoms with Crippen LogP contribution in [-0.2, 0) is 19.5 Å². The third-order valence-electron chi connectivity index (χ3n) is 4.04. The van der Waals surface area contributed by atoms with Gasteiger partial charge in [-0.15, -0.1) is 11.6 Å². The van der Waals surface area contributed by atoms with Gasteiger partial charge < -0.3 is 17.3 Å². The fourth-order valence-electron chi connectivity index (χ4n) is 2.96. The zero-order chi connectivity index (χ0) is 13.1. The van der Waals surface area contributed by atoms with Crippen molar-refractivity contribution in [2.45, 2.75) is 25.6 Å². The summed E-state index contributed by atoms with van der Waals surface area (Å²) in [4.78, 5) is 1.58. The molecule has 1 aliphatic heterocycles. The van der Waals surface area contributed by atoms with Crippen molar-refractivity contribution in [3.05, 3.63) is 71.3 Å². The number of benzene rings is 2. The molecule has 0 radical (unpaired) electrons. The predicted molar refractivity (Wildman–Crippen MR) is 79.5 cm³/mol. The molecule has 0 saturated carbocycles. The molecule has 0 bridgehead atoms. The first-order valence-corrected chi connectivity index (χ1v) is 7.41. The third kappa shape index (κ3) is 3.35. The maximum atomic E-state index is 6.19. The van der Waals surface area contributed by atoms with Crippen LogP contribution in [0.5, 0.6) is 0 Å². The smallest absolute Gasteiger partial charge is 0.106 e. The molecule has 2 atom stereocenters. The van der Waals surface area contributed by atoms with E-state index in [2.05, 4.69) is 54.6 Å². The summed E-state index contributed by atoms with van der Waals surface area (Å²) >= 11 is 6.19. The van der Waals surface area contributed by atoms with Crippen LogP contribution >= 0.6 is 11.6 Å². The minimum atomic E-state index is 0. The first kappa shape index (κ1) is 15.4. The summed E-state index contributed by atoms with van der Waals surface area (Å²) < 4.78 is 0. The molecule has 1 aliphatic rings. The van der Waals surface area contributed by atoms with E-state index in [4.69, 9.17) is 11.6 Å². The Morgan fingerprint density at radius 3 is 2.30 bits per heavy atom. The molecular formula is C17H19Cl2N. The molecule has 0 aromatic heterocycles. The Hall–Kier alpha value is -1.02. The van der Waals surface area contributed by atoms with Gasteiger partial charge in [0, 0.05) is 17.5 Å². The number of halogens is 2. The molecule has 3 rings (SSSR count). The monoisotopic (exact) mass is 307 g/mol. The largest absolute Gasteiger partial charge is 1.00 e. The van der Waals surface area contributed by atoms with Crippen LogP contribution in [0.15, 0.2) is 54.6 Å². The fraction of sp³-hybridized carbons (Fsp3) is 0.294. The Balaban J connectivity index is 0.00000147. The van der Waals surface area contributed by atoms with Crippen molar-refractivity contribution in [2.75, 3.05) is 5.88 Å². The molecule has 2 aromatic rings. The lowest BCUT2D eigenvalue weighted by atomic mass is 9.94. The molecule has 3 heteroatoms. The van der Waals surface area contributed by atoms with Crippen LogP contribution in [0.1, 0.15) is 16.7 Å². The maximum absolute atomic E-state index is 6.19. The molecule has 0 amide bonds. The Kier molecular flexibility index (Phi) is 5.47. The number of hydrogen-bond acceptors (Lipinski definition) is 0. The molecular weight excluding hydrogens is 289 g/mol. The van der Waals surface area contributed by atoms with Crippen molar-refractivity contribution < 1.29 is 17.3 Å². The average Bonchev–Trinajstić information content (AvgIpc) is 2.47. The fourth-order valence-corrected chi connectivity index (χ4v) is 3.28. The van der Waals surface area contributed by atoms with Gasteiger partial charge in [0.2, 0.25) is 0 Å². The normalized spacial score (nSPS) is 20.9. The first-order chi connectivity index (χ1) is 9.36.